The van der Waals surface area contributed by atoms with E-state index in [-0.39, 0.29) is 18.0 Å². The summed E-state index contributed by atoms with van der Waals surface area (Å²) in [5, 5.41) is 0. The van der Waals surface area contributed by atoms with E-state index in [0.717, 1.165) is 35.2 Å². The number of anilines is 1. The fourth-order valence-electron chi connectivity index (χ4n) is 3.81. The number of rotatable bonds is 2. The number of ether oxygens (including phenoxy) is 1. The van der Waals surface area contributed by atoms with Crippen LogP contribution in [0.1, 0.15) is 34.3 Å². The van der Waals surface area contributed by atoms with Crippen molar-refractivity contribution in [3.63, 3.8) is 0 Å². The third-order valence-electron chi connectivity index (χ3n) is 5.18. The van der Waals surface area contributed by atoms with Gasteiger partial charge in [0.15, 0.2) is 0 Å². The van der Waals surface area contributed by atoms with Crippen LogP contribution in [0, 0.1) is 6.92 Å². The zero-order chi connectivity index (χ0) is 18.1. The van der Waals surface area contributed by atoms with E-state index < -0.39 is 0 Å². The minimum atomic E-state index is -0.285. The number of carbonyl (C=O) groups excluding carboxylic acids is 2. The van der Waals surface area contributed by atoms with Crippen molar-refractivity contribution in [2.24, 2.45) is 0 Å². The molecule has 2 aromatic carbocycles. The Labute approximate surface area is 153 Å². The maximum atomic E-state index is 12.7. The van der Waals surface area contributed by atoms with Gasteiger partial charge in [-0.3, -0.25) is 9.69 Å². The minimum absolute atomic E-state index is 0.0607. The van der Waals surface area contributed by atoms with Gasteiger partial charge in [-0.1, -0.05) is 35.9 Å². The van der Waals surface area contributed by atoms with Gasteiger partial charge < -0.3 is 9.64 Å². The lowest BCUT2D eigenvalue weighted by molar-refractivity contribution is 0.0708. The molecule has 0 aromatic heterocycles. The van der Waals surface area contributed by atoms with Crippen LogP contribution in [0.2, 0.25) is 0 Å². The Morgan fingerprint density at radius 1 is 1.08 bits per heavy atom. The molecular formula is C21H22N2O3. The predicted octanol–water partition coefficient (Wildman–Crippen LogP) is 3.76. The molecule has 0 unspecified atom stereocenters. The second kappa shape index (κ2) is 6.83. The average molecular weight is 350 g/mol. The SMILES string of the molecule is Cc1cccc(C(=O)N2CCC(N3C(=O)OCc4ccccc43)CC2)c1. The van der Waals surface area contributed by atoms with E-state index in [4.69, 9.17) is 4.74 Å². The highest BCUT2D eigenvalue weighted by Crippen LogP contribution is 2.32. The molecule has 0 N–H and O–H groups in total. The van der Waals surface area contributed by atoms with Crippen LogP contribution in [0.3, 0.4) is 0 Å². The van der Waals surface area contributed by atoms with Gasteiger partial charge in [-0.15, -0.1) is 0 Å². The Bertz CT molecular complexity index is 841. The number of amides is 2. The highest BCUT2D eigenvalue weighted by Gasteiger charge is 2.35. The number of nitrogens with zero attached hydrogens (tertiary/aromatic N) is 2. The molecule has 0 bridgehead atoms. The number of benzene rings is 2. The first-order valence-corrected chi connectivity index (χ1v) is 9.03. The van der Waals surface area contributed by atoms with E-state index in [1.165, 1.54) is 0 Å². The summed E-state index contributed by atoms with van der Waals surface area (Å²) < 4.78 is 5.33. The van der Waals surface area contributed by atoms with Crippen LogP contribution >= 0.6 is 0 Å². The Balaban J connectivity index is 1.47. The topological polar surface area (TPSA) is 49.9 Å². The smallest absolute Gasteiger partial charge is 0.414 e. The van der Waals surface area contributed by atoms with Gasteiger partial charge in [0.1, 0.15) is 6.61 Å². The Kier molecular flexibility index (Phi) is 4.37. The molecule has 0 radical (unpaired) electrons. The molecule has 26 heavy (non-hydrogen) atoms. The van der Waals surface area contributed by atoms with Gasteiger partial charge in [0.25, 0.3) is 5.91 Å². The first-order chi connectivity index (χ1) is 12.6. The molecule has 2 amide bonds. The van der Waals surface area contributed by atoms with Gasteiger partial charge in [-0.2, -0.15) is 0 Å². The molecule has 134 valence electrons. The van der Waals surface area contributed by atoms with Crippen molar-refractivity contribution < 1.29 is 14.3 Å². The van der Waals surface area contributed by atoms with Gasteiger partial charge in [-0.25, -0.2) is 4.79 Å². The zero-order valence-corrected chi connectivity index (χ0v) is 14.9. The number of aryl methyl sites for hydroxylation is 1. The molecule has 5 nitrogen and oxygen atoms in total. The van der Waals surface area contributed by atoms with Crippen LogP contribution in [0.25, 0.3) is 0 Å². The number of likely N-dealkylation sites (tertiary alicyclic amines) is 1. The largest absolute Gasteiger partial charge is 0.444 e. The molecule has 0 atom stereocenters. The lowest BCUT2D eigenvalue weighted by atomic mass is 10.00. The standard InChI is InChI=1S/C21H22N2O3/c1-15-5-4-7-16(13-15)20(24)22-11-9-18(10-12-22)23-19-8-3-2-6-17(19)14-26-21(23)25/h2-8,13,18H,9-12,14H2,1H3. The third-order valence-corrected chi connectivity index (χ3v) is 5.18. The number of cyclic esters (lactones) is 1. The summed E-state index contributed by atoms with van der Waals surface area (Å²) in [7, 11) is 0. The zero-order valence-electron chi connectivity index (χ0n) is 14.9. The van der Waals surface area contributed by atoms with Crippen LogP contribution in [0.15, 0.2) is 48.5 Å². The lowest BCUT2D eigenvalue weighted by Crippen LogP contribution is -2.50. The molecule has 2 heterocycles. The van der Waals surface area contributed by atoms with E-state index in [1.807, 2.05) is 60.4 Å². The van der Waals surface area contributed by atoms with Gasteiger partial charge in [-0.05, 0) is 38.0 Å². The maximum absolute atomic E-state index is 12.7. The lowest BCUT2D eigenvalue weighted by Gasteiger charge is -2.40. The van der Waals surface area contributed by atoms with E-state index >= 15 is 0 Å². The van der Waals surface area contributed by atoms with Crippen molar-refractivity contribution in [3.05, 3.63) is 65.2 Å². The van der Waals surface area contributed by atoms with Crippen molar-refractivity contribution >= 4 is 17.7 Å². The summed E-state index contributed by atoms with van der Waals surface area (Å²) in [5.41, 5.74) is 3.78. The number of para-hydroxylation sites is 1. The molecule has 1 saturated heterocycles. The highest BCUT2D eigenvalue weighted by atomic mass is 16.6. The van der Waals surface area contributed by atoms with Gasteiger partial charge in [0.05, 0.1) is 5.69 Å². The van der Waals surface area contributed by atoms with Crippen molar-refractivity contribution in [2.75, 3.05) is 18.0 Å². The van der Waals surface area contributed by atoms with Gasteiger partial charge >= 0.3 is 6.09 Å². The summed E-state index contributed by atoms with van der Waals surface area (Å²) in [4.78, 5) is 28.7. The van der Waals surface area contributed by atoms with Crippen LogP contribution in [-0.2, 0) is 11.3 Å². The van der Waals surface area contributed by atoms with E-state index in [2.05, 4.69) is 0 Å². The summed E-state index contributed by atoms with van der Waals surface area (Å²) in [6.45, 7) is 3.60. The number of piperidine rings is 1. The molecular weight excluding hydrogens is 328 g/mol. The quantitative estimate of drug-likeness (QED) is 0.829. The molecule has 2 aliphatic heterocycles. The van der Waals surface area contributed by atoms with Crippen LogP contribution < -0.4 is 4.90 Å². The molecule has 0 saturated carbocycles. The number of hydrogen-bond acceptors (Lipinski definition) is 3. The van der Waals surface area contributed by atoms with Crippen molar-refractivity contribution in [3.8, 4) is 0 Å². The van der Waals surface area contributed by atoms with Crippen LogP contribution in [-0.4, -0.2) is 36.0 Å². The molecule has 1 fully saturated rings. The normalized spacial score (nSPS) is 17.7. The predicted molar refractivity (Wildman–Crippen MR) is 99.2 cm³/mol. The molecule has 5 heteroatoms. The summed E-state index contributed by atoms with van der Waals surface area (Å²) in [6.07, 6.45) is 1.22. The summed E-state index contributed by atoms with van der Waals surface area (Å²) in [5.74, 6) is 0.0637. The monoisotopic (exact) mass is 350 g/mol. The third kappa shape index (κ3) is 3.05. The molecule has 2 aromatic rings. The maximum Gasteiger partial charge on any atom is 0.414 e. The van der Waals surface area contributed by atoms with E-state index in [1.54, 1.807) is 4.90 Å². The van der Waals surface area contributed by atoms with Crippen molar-refractivity contribution in [2.45, 2.75) is 32.4 Å². The number of hydrogen-bond donors (Lipinski definition) is 0. The van der Waals surface area contributed by atoms with Crippen molar-refractivity contribution in [1.29, 1.82) is 0 Å². The average Bonchev–Trinajstić information content (AvgIpc) is 2.67. The Morgan fingerprint density at radius 2 is 1.85 bits per heavy atom. The molecule has 4 rings (SSSR count). The second-order valence-electron chi connectivity index (χ2n) is 6.95. The van der Waals surface area contributed by atoms with Crippen LogP contribution in [0.5, 0.6) is 0 Å². The number of carbonyl (C=O) groups is 2. The van der Waals surface area contributed by atoms with E-state index in [0.29, 0.717) is 19.7 Å². The Morgan fingerprint density at radius 3 is 2.62 bits per heavy atom. The highest BCUT2D eigenvalue weighted by molar-refractivity contribution is 5.94. The first-order valence-electron chi connectivity index (χ1n) is 9.03. The molecule has 0 aliphatic carbocycles. The summed E-state index contributed by atoms with van der Waals surface area (Å²) in [6, 6.07) is 15.6. The summed E-state index contributed by atoms with van der Waals surface area (Å²) >= 11 is 0. The van der Waals surface area contributed by atoms with Gasteiger partial charge in [0.2, 0.25) is 0 Å². The Hall–Kier alpha value is -2.82. The first kappa shape index (κ1) is 16.6. The fraction of sp³-hybridized carbons (Fsp3) is 0.333. The molecule has 2 aliphatic rings. The molecule has 0 spiro atoms. The van der Waals surface area contributed by atoms with Gasteiger partial charge in [0, 0.05) is 30.3 Å². The fourth-order valence-corrected chi connectivity index (χ4v) is 3.81. The van der Waals surface area contributed by atoms with Crippen molar-refractivity contribution in [1.82, 2.24) is 4.90 Å². The van der Waals surface area contributed by atoms with Crippen LogP contribution in [0.4, 0.5) is 10.5 Å². The number of fused-ring (bicyclic) bond motifs is 1. The minimum Gasteiger partial charge on any atom is -0.444 e. The second-order valence-corrected chi connectivity index (χ2v) is 6.95. The van der Waals surface area contributed by atoms with E-state index in [9.17, 15) is 9.59 Å².